The van der Waals surface area contributed by atoms with Crippen molar-refractivity contribution in [3.05, 3.63) is 11.4 Å². The molecule has 2 N–H and O–H groups in total. The molecule has 0 aliphatic rings. The molecule has 0 unspecified atom stereocenters. The molecule has 0 spiro atoms. The van der Waals surface area contributed by atoms with Crippen molar-refractivity contribution in [1.82, 2.24) is 20.3 Å². The van der Waals surface area contributed by atoms with Gasteiger partial charge >= 0.3 is 5.97 Å². The van der Waals surface area contributed by atoms with E-state index in [1.54, 1.807) is 7.05 Å². The number of rotatable bonds is 7. The number of carbonyl (C=O) groups excluding carboxylic acids is 1. The van der Waals surface area contributed by atoms with Gasteiger partial charge in [-0.3, -0.25) is 4.79 Å². The summed E-state index contributed by atoms with van der Waals surface area (Å²) in [5.74, 6) is -1.21. The van der Waals surface area contributed by atoms with Gasteiger partial charge in [-0.05, 0) is 6.42 Å². The Hall–Kier alpha value is -1.96. The minimum atomic E-state index is -1.14. The Bertz CT molecular complexity index is 430. The highest BCUT2D eigenvalue weighted by atomic mass is 16.5. The summed E-state index contributed by atoms with van der Waals surface area (Å²) in [7, 11) is 3.03. The van der Waals surface area contributed by atoms with Gasteiger partial charge in [-0.2, -0.15) is 0 Å². The number of hydrogen-bond donors (Lipinski definition) is 2. The summed E-state index contributed by atoms with van der Waals surface area (Å²) in [6.07, 6.45) is 0.907. The van der Waals surface area contributed by atoms with Gasteiger partial charge in [0.05, 0.1) is 12.3 Å². The molecule has 0 aromatic carbocycles. The normalized spacial score (nSPS) is 10.3. The number of nitrogens with zero attached hydrogens (tertiary/aromatic N) is 3. The Balaban J connectivity index is 2.70. The summed E-state index contributed by atoms with van der Waals surface area (Å²) in [5.41, 5.74) is 0.290. The minimum absolute atomic E-state index is 0.0677. The quantitative estimate of drug-likeness (QED) is 0.690. The highest BCUT2D eigenvalue weighted by molar-refractivity contribution is 5.86. The average molecular weight is 256 g/mol. The van der Waals surface area contributed by atoms with E-state index in [4.69, 9.17) is 9.84 Å². The molecule has 0 saturated carbocycles. The Morgan fingerprint density at radius 1 is 1.50 bits per heavy atom. The number of aromatic carboxylic acids is 1. The Kier molecular flexibility index (Phi) is 5.25. The van der Waals surface area contributed by atoms with E-state index < -0.39 is 5.97 Å². The topological polar surface area (TPSA) is 106 Å². The molecule has 8 heteroatoms. The van der Waals surface area contributed by atoms with E-state index in [1.165, 1.54) is 11.8 Å². The number of aromatic nitrogens is 3. The fourth-order valence-corrected chi connectivity index (χ4v) is 1.47. The zero-order valence-corrected chi connectivity index (χ0v) is 10.3. The molecule has 18 heavy (non-hydrogen) atoms. The lowest BCUT2D eigenvalue weighted by atomic mass is 10.2. The zero-order chi connectivity index (χ0) is 13.5. The summed E-state index contributed by atoms with van der Waals surface area (Å²) >= 11 is 0. The van der Waals surface area contributed by atoms with Crippen LogP contribution >= 0.6 is 0 Å². The Morgan fingerprint density at radius 3 is 2.78 bits per heavy atom. The summed E-state index contributed by atoms with van der Waals surface area (Å²) in [5, 5.41) is 18.8. The van der Waals surface area contributed by atoms with Gasteiger partial charge in [0.25, 0.3) is 0 Å². The largest absolute Gasteiger partial charge is 0.476 e. The van der Waals surface area contributed by atoms with Crippen LogP contribution < -0.4 is 5.32 Å². The van der Waals surface area contributed by atoms with Crippen LogP contribution in [0.5, 0.6) is 0 Å². The number of carboxylic acids is 1. The maximum absolute atomic E-state index is 11.1. The van der Waals surface area contributed by atoms with Crippen molar-refractivity contribution >= 4 is 11.9 Å². The maximum Gasteiger partial charge on any atom is 0.358 e. The molecule has 0 bridgehead atoms. The molecule has 0 radical (unpaired) electrons. The third kappa shape index (κ3) is 3.52. The summed E-state index contributed by atoms with van der Waals surface area (Å²) in [4.78, 5) is 22.0. The number of amides is 1. The first kappa shape index (κ1) is 14.1. The van der Waals surface area contributed by atoms with Crippen molar-refractivity contribution in [3.8, 4) is 0 Å². The SMILES string of the molecule is CNC(=O)CCCn1nnc(C(=O)O)c1COC. The van der Waals surface area contributed by atoms with Gasteiger partial charge < -0.3 is 15.2 Å². The molecule has 0 atom stereocenters. The van der Waals surface area contributed by atoms with Crippen molar-refractivity contribution in [3.63, 3.8) is 0 Å². The van der Waals surface area contributed by atoms with E-state index in [2.05, 4.69) is 15.6 Å². The van der Waals surface area contributed by atoms with E-state index in [0.717, 1.165) is 0 Å². The van der Waals surface area contributed by atoms with E-state index in [9.17, 15) is 9.59 Å². The lowest BCUT2D eigenvalue weighted by molar-refractivity contribution is -0.120. The third-order valence-electron chi connectivity index (χ3n) is 2.37. The van der Waals surface area contributed by atoms with Crippen LogP contribution in [0.4, 0.5) is 0 Å². The Labute approximate surface area is 104 Å². The van der Waals surface area contributed by atoms with E-state index >= 15 is 0 Å². The van der Waals surface area contributed by atoms with Crippen molar-refractivity contribution in [2.75, 3.05) is 14.2 Å². The fourth-order valence-electron chi connectivity index (χ4n) is 1.47. The maximum atomic E-state index is 11.1. The number of carbonyl (C=O) groups is 2. The van der Waals surface area contributed by atoms with Crippen LogP contribution in [0.2, 0.25) is 0 Å². The van der Waals surface area contributed by atoms with Gasteiger partial charge in [-0.1, -0.05) is 5.21 Å². The minimum Gasteiger partial charge on any atom is -0.476 e. The molecule has 0 aliphatic heterocycles. The van der Waals surface area contributed by atoms with Gasteiger partial charge in [0.15, 0.2) is 5.69 Å². The summed E-state index contributed by atoms with van der Waals surface area (Å²) in [6.45, 7) is 0.543. The van der Waals surface area contributed by atoms with E-state index in [-0.39, 0.29) is 18.2 Å². The summed E-state index contributed by atoms with van der Waals surface area (Å²) in [6, 6.07) is 0. The first-order chi connectivity index (χ1) is 8.60. The smallest absolute Gasteiger partial charge is 0.358 e. The predicted octanol–water partition coefficient (Wildman–Crippen LogP) is -0.351. The average Bonchev–Trinajstić information content (AvgIpc) is 2.73. The lowest BCUT2D eigenvalue weighted by Crippen LogP contribution is -2.18. The second-order valence-electron chi connectivity index (χ2n) is 3.62. The molecular weight excluding hydrogens is 240 g/mol. The van der Waals surface area contributed by atoms with Gasteiger partial charge in [0.1, 0.15) is 0 Å². The molecule has 0 saturated heterocycles. The number of nitrogens with one attached hydrogen (secondary N) is 1. The molecule has 0 aliphatic carbocycles. The monoisotopic (exact) mass is 256 g/mol. The first-order valence-electron chi connectivity index (χ1n) is 5.45. The summed E-state index contributed by atoms with van der Waals surface area (Å²) < 4.78 is 6.38. The van der Waals surface area contributed by atoms with Gasteiger partial charge in [0.2, 0.25) is 5.91 Å². The zero-order valence-electron chi connectivity index (χ0n) is 10.3. The molecule has 1 aromatic rings. The molecule has 1 heterocycles. The molecule has 1 amide bonds. The van der Waals surface area contributed by atoms with Gasteiger partial charge in [0, 0.05) is 27.1 Å². The molecule has 100 valence electrons. The first-order valence-corrected chi connectivity index (χ1v) is 5.45. The van der Waals surface area contributed by atoms with Crippen LogP contribution in [0.3, 0.4) is 0 Å². The number of aryl methyl sites for hydroxylation is 1. The van der Waals surface area contributed by atoms with Crippen molar-refractivity contribution in [2.45, 2.75) is 26.0 Å². The van der Waals surface area contributed by atoms with Gasteiger partial charge in [-0.25, -0.2) is 9.48 Å². The number of carboxylic acid groups (broad SMARTS) is 1. The standard InChI is InChI=1S/C10H16N4O4/c1-11-8(15)4-3-5-14-7(6-18-2)9(10(16)17)12-13-14/h3-6H2,1-2H3,(H,11,15)(H,16,17). The number of ether oxygens (including phenoxy) is 1. The molecule has 1 rings (SSSR count). The van der Waals surface area contributed by atoms with E-state index in [1.807, 2.05) is 0 Å². The molecule has 1 aromatic heterocycles. The molecular formula is C10H16N4O4. The van der Waals surface area contributed by atoms with Crippen molar-refractivity contribution in [1.29, 1.82) is 0 Å². The van der Waals surface area contributed by atoms with Crippen LogP contribution in [-0.2, 0) is 22.7 Å². The molecule has 0 fully saturated rings. The van der Waals surface area contributed by atoms with Crippen LogP contribution in [0, 0.1) is 0 Å². The highest BCUT2D eigenvalue weighted by Crippen LogP contribution is 2.08. The van der Waals surface area contributed by atoms with Gasteiger partial charge in [-0.15, -0.1) is 5.10 Å². The highest BCUT2D eigenvalue weighted by Gasteiger charge is 2.18. The van der Waals surface area contributed by atoms with Crippen LogP contribution in [0.1, 0.15) is 29.0 Å². The lowest BCUT2D eigenvalue weighted by Gasteiger charge is -2.05. The number of hydrogen-bond acceptors (Lipinski definition) is 5. The van der Waals surface area contributed by atoms with Crippen LogP contribution in [0.25, 0.3) is 0 Å². The third-order valence-corrected chi connectivity index (χ3v) is 2.37. The van der Waals surface area contributed by atoms with E-state index in [0.29, 0.717) is 25.1 Å². The van der Waals surface area contributed by atoms with Crippen LogP contribution in [-0.4, -0.2) is 46.1 Å². The Morgan fingerprint density at radius 2 is 2.22 bits per heavy atom. The van der Waals surface area contributed by atoms with Crippen molar-refractivity contribution in [2.24, 2.45) is 0 Å². The van der Waals surface area contributed by atoms with Crippen molar-refractivity contribution < 1.29 is 19.4 Å². The second-order valence-corrected chi connectivity index (χ2v) is 3.62. The van der Waals surface area contributed by atoms with Crippen LogP contribution in [0.15, 0.2) is 0 Å². The second kappa shape index (κ2) is 6.70. The predicted molar refractivity (Wildman–Crippen MR) is 61.0 cm³/mol. The fraction of sp³-hybridized carbons (Fsp3) is 0.600. The molecule has 8 nitrogen and oxygen atoms in total. The number of methoxy groups -OCH3 is 1.